The van der Waals surface area contributed by atoms with E-state index < -0.39 is 9.84 Å². The van der Waals surface area contributed by atoms with Crippen molar-refractivity contribution in [3.05, 3.63) is 71.8 Å². The minimum Gasteiger partial charge on any atom is -0.223 e. The summed E-state index contributed by atoms with van der Waals surface area (Å²) in [5.41, 5.74) is 1.41. The Morgan fingerprint density at radius 1 is 1.00 bits per heavy atom. The van der Waals surface area contributed by atoms with Crippen LogP contribution in [-0.2, 0) is 9.84 Å². The zero-order valence-corrected chi connectivity index (χ0v) is 11.8. The highest BCUT2D eigenvalue weighted by molar-refractivity contribution is 7.91. The molecule has 0 saturated heterocycles. The molecular weight excluding hydrogens is 280 g/mol. The lowest BCUT2D eigenvalue weighted by Gasteiger charge is -2.07. The van der Waals surface area contributed by atoms with Crippen molar-refractivity contribution >= 4 is 27.0 Å². The maximum absolute atomic E-state index is 12.2. The van der Waals surface area contributed by atoms with E-state index in [2.05, 4.69) is 6.58 Å². The van der Waals surface area contributed by atoms with E-state index in [1.807, 2.05) is 30.3 Å². The third-order valence-corrected chi connectivity index (χ3v) is 4.69. The molecule has 98 valence electrons. The zero-order valence-electron chi connectivity index (χ0n) is 10.2. The van der Waals surface area contributed by atoms with E-state index in [1.165, 1.54) is 12.1 Å². The normalized spacial score (nSPS) is 11.2. The van der Waals surface area contributed by atoms with E-state index in [1.54, 1.807) is 12.1 Å². The molecule has 2 rings (SSSR count). The van der Waals surface area contributed by atoms with Gasteiger partial charge in [0.15, 0.2) is 9.84 Å². The standard InChI is InChI=1S/C15H13ClO2S/c1-12(13-5-3-2-4-6-13)11-19(17,18)15-9-7-14(16)8-10-15/h2-10H,1,11H2. The van der Waals surface area contributed by atoms with Crippen molar-refractivity contribution in [2.45, 2.75) is 4.90 Å². The van der Waals surface area contributed by atoms with Crippen molar-refractivity contribution in [2.75, 3.05) is 5.75 Å². The number of sulfone groups is 1. The minimum absolute atomic E-state index is 0.0986. The fourth-order valence-electron chi connectivity index (χ4n) is 1.71. The van der Waals surface area contributed by atoms with Crippen LogP contribution >= 0.6 is 11.6 Å². The van der Waals surface area contributed by atoms with Gasteiger partial charge in [-0.2, -0.15) is 0 Å². The van der Waals surface area contributed by atoms with Gasteiger partial charge in [0.05, 0.1) is 10.6 Å². The molecule has 0 N–H and O–H groups in total. The lowest BCUT2D eigenvalue weighted by atomic mass is 10.1. The van der Waals surface area contributed by atoms with Gasteiger partial charge < -0.3 is 0 Å². The molecule has 2 aromatic rings. The SMILES string of the molecule is C=C(CS(=O)(=O)c1ccc(Cl)cc1)c1ccccc1. The third kappa shape index (κ3) is 3.46. The molecule has 0 atom stereocenters. The first-order valence-corrected chi connectivity index (χ1v) is 7.73. The molecule has 0 bridgehead atoms. The Bertz CT molecular complexity index is 674. The summed E-state index contributed by atoms with van der Waals surface area (Å²) in [5.74, 6) is -0.0986. The minimum atomic E-state index is -3.38. The number of halogens is 1. The molecule has 0 amide bonds. The van der Waals surface area contributed by atoms with Crippen LogP contribution in [0.15, 0.2) is 66.1 Å². The van der Waals surface area contributed by atoms with Crippen LogP contribution in [0, 0.1) is 0 Å². The van der Waals surface area contributed by atoms with E-state index in [-0.39, 0.29) is 10.6 Å². The molecule has 0 aliphatic rings. The van der Waals surface area contributed by atoms with Gasteiger partial charge in [0.25, 0.3) is 0 Å². The van der Waals surface area contributed by atoms with Crippen LogP contribution in [-0.4, -0.2) is 14.2 Å². The Balaban J connectivity index is 2.23. The van der Waals surface area contributed by atoms with Crippen molar-refractivity contribution in [1.82, 2.24) is 0 Å². The van der Waals surface area contributed by atoms with E-state index >= 15 is 0 Å². The molecule has 0 spiro atoms. The highest BCUT2D eigenvalue weighted by Crippen LogP contribution is 2.20. The van der Waals surface area contributed by atoms with Gasteiger partial charge in [0.2, 0.25) is 0 Å². The Morgan fingerprint density at radius 2 is 1.58 bits per heavy atom. The van der Waals surface area contributed by atoms with Gasteiger partial charge in [0, 0.05) is 5.02 Å². The summed E-state index contributed by atoms with van der Waals surface area (Å²) in [6, 6.07) is 15.4. The summed E-state index contributed by atoms with van der Waals surface area (Å²) in [6.45, 7) is 3.85. The number of rotatable bonds is 4. The summed E-state index contributed by atoms with van der Waals surface area (Å²) in [5, 5.41) is 0.515. The smallest absolute Gasteiger partial charge is 0.182 e. The van der Waals surface area contributed by atoms with Crippen LogP contribution < -0.4 is 0 Å². The highest BCUT2D eigenvalue weighted by Gasteiger charge is 2.16. The predicted molar refractivity (Wildman–Crippen MR) is 79.0 cm³/mol. The number of hydrogen-bond acceptors (Lipinski definition) is 2. The second kappa shape index (κ2) is 5.59. The second-order valence-electron chi connectivity index (χ2n) is 4.18. The number of benzene rings is 2. The Kier molecular flexibility index (Phi) is 4.08. The van der Waals surface area contributed by atoms with Gasteiger partial charge in [-0.05, 0) is 35.4 Å². The van der Waals surface area contributed by atoms with Crippen LogP contribution in [0.4, 0.5) is 0 Å². The van der Waals surface area contributed by atoms with Gasteiger partial charge in [-0.1, -0.05) is 48.5 Å². The average molecular weight is 293 g/mol. The predicted octanol–water partition coefficient (Wildman–Crippen LogP) is 3.83. The molecular formula is C15H13ClO2S. The van der Waals surface area contributed by atoms with Gasteiger partial charge >= 0.3 is 0 Å². The van der Waals surface area contributed by atoms with Crippen LogP contribution in [0.25, 0.3) is 5.57 Å². The van der Waals surface area contributed by atoms with Gasteiger partial charge in [0.1, 0.15) is 0 Å². The Morgan fingerprint density at radius 3 is 2.16 bits per heavy atom. The fourth-order valence-corrected chi connectivity index (χ4v) is 3.18. The summed E-state index contributed by atoms with van der Waals surface area (Å²) in [7, 11) is -3.38. The number of hydrogen-bond donors (Lipinski definition) is 0. The van der Waals surface area contributed by atoms with E-state index in [0.717, 1.165) is 5.56 Å². The quantitative estimate of drug-likeness (QED) is 0.858. The van der Waals surface area contributed by atoms with E-state index in [9.17, 15) is 8.42 Å². The molecule has 0 fully saturated rings. The average Bonchev–Trinajstić information content (AvgIpc) is 2.40. The first-order chi connectivity index (χ1) is 8.99. The second-order valence-corrected chi connectivity index (χ2v) is 6.61. The third-order valence-electron chi connectivity index (χ3n) is 2.72. The Hall–Kier alpha value is -1.58. The molecule has 4 heteroatoms. The van der Waals surface area contributed by atoms with Crippen LogP contribution in [0.3, 0.4) is 0 Å². The summed E-state index contributed by atoms with van der Waals surface area (Å²) in [6.07, 6.45) is 0. The molecule has 19 heavy (non-hydrogen) atoms. The summed E-state index contributed by atoms with van der Waals surface area (Å²) < 4.78 is 24.4. The van der Waals surface area contributed by atoms with Crippen molar-refractivity contribution in [2.24, 2.45) is 0 Å². The van der Waals surface area contributed by atoms with Crippen LogP contribution in [0.2, 0.25) is 5.02 Å². The molecule has 2 nitrogen and oxygen atoms in total. The maximum Gasteiger partial charge on any atom is 0.182 e. The molecule has 0 radical (unpaired) electrons. The maximum atomic E-state index is 12.2. The molecule has 0 unspecified atom stereocenters. The van der Waals surface area contributed by atoms with Crippen molar-refractivity contribution in [3.63, 3.8) is 0 Å². The zero-order chi connectivity index (χ0) is 13.9. The fraction of sp³-hybridized carbons (Fsp3) is 0.0667. The molecule has 0 aliphatic carbocycles. The van der Waals surface area contributed by atoms with Gasteiger partial charge in [-0.15, -0.1) is 0 Å². The summed E-state index contributed by atoms with van der Waals surface area (Å²) >= 11 is 5.75. The molecule has 2 aromatic carbocycles. The van der Waals surface area contributed by atoms with Crippen LogP contribution in [0.5, 0.6) is 0 Å². The van der Waals surface area contributed by atoms with Crippen molar-refractivity contribution in [1.29, 1.82) is 0 Å². The molecule has 0 aliphatic heterocycles. The van der Waals surface area contributed by atoms with E-state index in [0.29, 0.717) is 10.6 Å². The highest BCUT2D eigenvalue weighted by atomic mass is 35.5. The first-order valence-electron chi connectivity index (χ1n) is 5.70. The van der Waals surface area contributed by atoms with Gasteiger partial charge in [-0.25, -0.2) is 8.42 Å². The molecule has 0 saturated carbocycles. The van der Waals surface area contributed by atoms with Gasteiger partial charge in [-0.3, -0.25) is 0 Å². The van der Waals surface area contributed by atoms with E-state index in [4.69, 9.17) is 11.6 Å². The monoisotopic (exact) mass is 292 g/mol. The van der Waals surface area contributed by atoms with Crippen LogP contribution in [0.1, 0.15) is 5.56 Å². The largest absolute Gasteiger partial charge is 0.223 e. The molecule has 0 aromatic heterocycles. The lowest BCUT2D eigenvalue weighted by molar-refractivity contribution is 0.599. The van der Waals surface area contributed by atoms with Crippen molar-refractivity contribution in [3.8, 4) is 0 Å². The topological polar surface area (TPSA) is 34.1 Å². The van der Waals surface area contributed by atoms with Crippen molar-refractivity contribution < 1.29 is 8.42 Å². The summed E-state index contributed by atoms with van der Waals surface area (Å²) in [4.78, 5) is 0.258. The molecule has 0 heterocycles. The Labute approximate surface area is 118 Å². The lowest BCUT2D eigenvalue weighted by Crippen LogP contribution is -2.08. The first kappa shape index (κ1) is 13.8.